The summed E-state index contributed by atoms with van der Waals surface area (Å²) in [5.74, 6) is -0.333. The first-order chi connectivity index (χ1) is 11.6. The Morgan fingerprint density at radius 3 is 2.23 bits per heavy atom. The van der Waals surface area contributed by atoms with E-state index < -0.39 is 15.6 Å². The molecule has 26 heavy (non-hydrogen) atoms. The standard InChI is InChI=1S/C18H30ClN3O3S/c1-17(2,3)21-26(24,25)15-10-13(8-9-14(15)19)16(23)20-11-18(4,5)12-22(6)7/h8-10,21H,11-12H2,1-7H3,(H,20,23). The monoisotopic (exact) mass is 403 g/mol. The second kappa shape index (κ2) is 8.25. The largest absolute Gasteiger partial charge is 0.351 e. The van der Waals surface area contributed by atoms with Gasteiger partial charge in [0.25, 0.3) is 5.91 Å². The molecule has 1 rings (SSSR count). The van der Waals surface area contributed by atoms with Crippen molar-refractivity contribution in [1.82, 2.24) is 14.9 Å². The third kappa shape index (κ3) is 7.23. The van der Waals surface area contributed by atoms with Gasteiger partial charge in [0.15, 0.2) is 0 Å². The van der Waals surface area contributed by atoms with E-state index >= 15 is 0 Å². The highest BCUT2D eigenvalue weighted by molar-refractivity contribution is 7.89. The van der Waals surface area contributed by atoms with Gasteiger partial charge in [-0.25, -0.2) is 13.1 Å². The summed E-state index contributed by atoms with van der Waals surface area (Å²) in [4.78, 5) is 14.4. The summed E-state index contributed by atoms with van der Waals surface area (Å²) < 4.78 is 27.6. The molecule has 1 amide bonds. The molecule has 8 heteroatoms. The van der Waals surface area contributed by atoms with Gasteiger partial charge in [-0.1, -0.05) is 25.4 Å². The van der Waals surface area contributed by atoms with E-state index in [0.29, 0.717) is 6.54 Å². The van der Waals surface area contributed by atoms with Crippen molar-refractivity contribution in [3.05, 3.63) is 28.8 Å². The van der Waals surface area contributed by atoms with Gasteiger partial charge in [-0.3, -0.25) is 4.79 Å². The molecule has 2 N–H and O–H groups in total. The zero-order chi connectivity index (χ0) is 20.3. The minimum Gasteiger partial charge on any atom is -0.351 e. The quantitative estimate of drug-likeness (QED) is 0.733. The zero-order valence-corrected chi connectivity index (χ0v) is 18.2. The third-order valence-corrected chi connectivity index (χ3v) is 5.63. The van der Waals surface area contributed by atoms with Crippen LogP contribution in [0.2, 0.25) is 5.02 Å². The number of benzene rings is 1. The molecule has 0 spiro atoms. The summed E-state index contributed by atoms with van der Waals surface area (Å²) in [6.45, 7) is 10.6. The second-order valence-corrected chi connectivity index (χ2v) is 10.6. The Hall–Kier alpha value is -1.15. The van der Waals surface area contributed by atoms with E-state index in [1.54, 1.807) is 20.8 Å². The fraction of sp³-hybridized carbons (Fsp3) is 0.611. The lowest BCUT2D eigenvalue weighted by Crippen LogP contribution is -2.41. The van der Waals surface area contributed by atoms with E-state index in [0.717, 1.165) is 6.54 Å². The smallest absolute Gasteiger partial charge is 0.251 e. The van der Waals surface area contributed by atoms with Crippen molar-refractivity contribution in [1.29, 1.82) is 0 Å². The lowest BCUT2D eigenvalue weighted by Gasteiger charge is -2.28. The predicted octanol–water partition coefficient (Wildman–Crippen LogP) is 2.73. The van der Waals surface area contributed by atoms with E-state index in [9.17, 15) is 13.2 Å². The molecule has 0 radical (unpaired) electrons. The highest BCUT2D eigenvalue weighted by Crippen LogP contribution is 2.24. The van der Waals surface area contributed by atoms with Gasteiger partial charge in [-0.05, 0) is 58.5 Å². The van der Waals surface area contributed by atoms with Gasteiger partial charge in [0.1, 0.15) is 4.90 Å². The summed E-state index contributed by atoms with van der Waals surface area (Å²) in [5.41, 5.74) is -0.519. The molecule has 1 aromatic carbocycles. The molecule has 0 unspecified atom stereocenters. The minimum absolute atomic E-state index is 0.0752. The van der Waals surface area contributed by atoms with Crippen LogP contribution in [0.3, 0.4) is 0 Å². The Kier molecular flexibility index (Phi) is 7.26. The third-order valence-electron chi connectivity index (χ3n) is 3.40. The van der Waals surface area contributed by atoms with Crippen LogP contribution in [-0.2, 0) is 10.0 Å². The van der Waals surface area contributed by atoms with Crippen molar-refractivity contribution in [3.8, 4) is 0 Å². The molecule has 0 saturated heterocycles. The fourth-order valence-corrected chi connectivity index (χ4v) is 4.59. The number of hydrogen-bond acceptors (Lipinski definition) is 4. The molecule has 0 heterocycles. The summed E-state index contributed by atoms with van der Waals surface area (Å²) in [6, 6.07) is 4.26. The van der Waals surface area contributed by atoms with Crippen LogP contribution in [0.25, 0.3) is 0 Å². The van der Waals surface area contributed by atoms with Gasteiger partial charge < -0.3 is 10.2 Å². The Bertz CT molecular complexity index is 753. The van der Waals surface area contributed by atoms with E-state index in [-0.39, 0.29) is 26.8 Å². The topological polar surface area (TPSA) is 78.5 Å². The van der Waals surface area contributed by atoms with Crippen molar-refractivity contribution >= 4 is 27.5 Å². The Balaban J connectivity index is 3.01. The Labute approximate surface area is 162 Å². The van der Waals surface area contributed by atoms with Gasteiger partial charge in [0.2, 0.25) is 10.0 Å². The van der Waals surface area contributed by atoms with E-state index in [2.05, 4.69) is 28.8 Å². The molecular formula is C18H30ClN3O3S. The zero-order valence-electron chi connectivity index (χ0n) is 16.6. The van der Waals surface area contributed by atoms with Crippen LogP contribution in [0.1, 0.15) is 45.0 Å². The molecule has 0 aromatic heterocycles. The second-order valence-electron chi connectivity index (χ2n) is 8.59. The Morgan fingerprint density at radius 2 is 1.73 bits per heavy atom. The van der Waals surface area contributed by atoms with Gasteiger partial charge in [-0.15, -0.1) is 0 Å². The first-order valence-corrected chi connectivity index (χ1v) is 10.3. The number of carbonyl (C=O) groups is 1. The van der Waals surface area contributed by atoms with Crippen LogP contribution in [0, 0.1) is 5.41 Å². The van der Waals surface area contributed by atoms with Crippen LogP contribution < -0.4 is 10.0 Å². The number of nitrogens with zero attached hydrogens (tertiary/aromatic N) is 1. The number of carbonyl (C=O) groups excluding carboxylic acids is 1. The van der Waals surface area contributed by atoms with Gasteiger partial charge in [0.05, 0.1) is 5.02 Å². The maximum atomic E-state index is 12.5. The molecular weight excluding hydrogens is 374 g/mol. The van der Waals surface area contributed by atoms with Gasteiger partial charge >= 0.3 is 0 Å². The molecule has 0 bridgehead atoms. The van der Waals surface area contributed by atoms with Crippen molar-refractivity contribution in [2.24, 2.45) is 5.41 Å². The minimum atomic E-state index is -3.83. The molecule has 1 aromatic rings. The molecule has 6 nitrogen and oxygen atoms in total. The van der Waals surface area contributed by atoms with Crippen molar-refractivity contribution in [2.75, 3.05) is 27.2 Å². The molecule has 0 aliphatic carbocycles. The Morgan fingerprint density at radius 1 is 1.15 bits per heavy atom. The normalized spacial score (nSPS) is 13.1. The number of halogens is 1. The highest BCUT2D eigenvalue weighted by Gasteiger charge is 2.26. The van der Waals surface area contributed by atoms with Crippen molar-refractivity contribution < 1.29 is 13.2 Å². The number of sulfonamides is 1. The highest BCUT2D eigenvalue weighted by atomic mass is 35.5. The number of amides is 1. The molecule has 0 aliphatic heterocycles. The number of nitrogens with one attached hydrogen (secondary N) is 2. The number of rotatable bonds is 7. The van der Waals surface area contributed by atoms with Gasteiger partial charge in [-0.2, -0.15) is 0 Å². The van der Waals surface area contributed by atoms with E-state index in [4.69, 9.17) is 11.6 Å². The van der Waals surface area contributed by atoms with Crippen LogP contribution in [0.4, 0.5) is 0 Å². The van der Waals surface area contributed by atoms with E-state index in [1.807, 2.05) is 14.1 Å². The maximum absolute atomic E-state index is 12.5. The summed E-state index contributed by atoms with van der Waals surface area (Å²) in [6.07, 6.45) is 0. The van der Waals surface area contributed by atoms with Crippen LogP contribution in [-0.4, -0.2) is 51.9 Å². The van der Waals surface area contributed by atoms with Crippen molar-refractivity contribution in [3.63, 3.8) is 0 Å². The van der Waals surface area contributed by atoms with E-state index in [1.165, 1.54) is 18.2 Å². The average Bonchev–Trinajstić information content (AvgIpc) is 2.41. The SMILES string of the molecule is CN(C)CC(C)(C)CNC(=O)c1ccc(Cl)c(S(=O)(=O)NC(C)(C)C)c1. The van der Waals surface area contributed by atoms with Crippen LogP contribution >= 0.6 is 11.6 Å². The molecule has 148 valence electrons. The molecule has 0 saturated carbocycles. The average molecular weight is 404 g/mol. The lowest BCUT2D eigenvalue weighted by molar-refractivity contribution is 0.0929. The predicted molar refractivity (Wildman–Crippen MR) is 106 cm³/mol. The lowest BCUT2D eigenvalue weighted by atomic mass is 9.93. The van der Waals surface area contributed by atoms with Crippen LogP contribution in [0.5, 0.6) is 0 Å². The first kappa shape index (κ1) is 22.9. The summed E-state index contributed by atoms with van der Waals surface area (Å²) >= 11 is 6.06. The first-order valence-electron chi connectivity index (χ1n) is 8.39. The molecule has 0 fully saturated rings. The summed E-state index contributed by atoms with van der Waals surface area (Å²) in [7, 11) is 0.116. The fourth-order valence-electron chi connectivity index (χ4n) is 2.64. The maximum Gasteiger partial charge on any atom is 0.251 e. The molecule has 0 atom stereocenters. The number of hydrogen-bond donors (Lipinski definition) is 2. The van der Waals surface area contributed by atoms with Crippen LogP contribution in [0.15, 0.2) is 23.1 Å². The van der Waals surface area contributed by atoms with Crippen molar-refractivity contribution in [2.45, 2.75) is 45.1 Å². The van der Waals surface area contributed by atoms with Gasteiger partial charge in [0, 0.05) is 24.2 Å². The molecule has 0 aliphatic rings. The summed E-state index contributed by atoms with van der Waals surface area (Å²) in [5, 5.41) is 2.94.